The SMILES string of the molecule is CCOC1(C(=O)Cc2c(C)cccc2C)CCCCCC1. The first-order chi connectivity index (χ1) is 10.1. The highest BCUT2D eigenvalue weighted by Gasteiger charge is 2.38. The zero-order valence-corrected chi connectivity index (χ0v) is 13.7. The van der Waals surface area contributed by atoms with E-state index in [1.165, 1.54) is 29.5 Å². The first-order valence-electron chi connectivity index (χ1n) is 8.31. The highest BCUT2D eigenvalue weighted by Crippen LogP contribution is 2.33. The topological polar surface area (TPSA) is 26.3 Å². The maximum absolute atomic E-state index is 13.0. The Hall–Kier alpha value is -1.15. The summed E-state index contributed by atoms with van der Waals surface area (Å²) in [5.74, 6) is 0.281. The van der Waals surface area contributed by atoms with E-state index in [-0.39, 0.29) is 5.78 Å². The van der Waals surface area contributed by atoms with E-state index in [4.69, 9.17) is 4.74 Å². The van der Waals surface area contributed by atoms with Gasteiger partial charge in [-0.2, -0.15) is 0 Å². The maximum Gasteiger partial charge on any atom is 0.168 e. The number of carbonyl (C=O) groups excluding carboxylic acids is 1. The predicted octanol–water partition coefficient (Wildman–Crippen LogP) is 4.54. The van der Waals surface area contributed by atoms with Crippen LogP contribution >= 0.6 is 0 Å². The van der Waals surface area contributed by atoms with Gasteiger partial charge in [0.2, 0.25) is 0 Å². The average Bonchev–Trinajstić information content (AvgIpc) is 2.70. The number of aryl methyl sites for hydroxylation is 2. The monoisotopic (exact) mass is 288 g/mol. The summed E-state index contributed by atoms with van der Waals surface area (Å²) in [5, 5.41) is 0. The van der Waals surface area contributed by atoms with Gasteiger partial charge in [0.05, 0.1) is 0 Å². The summed E-state index contributed by atoms with van der Waals surface area (Å²) in [5.41, 5.74) is 3.08. The molecule has 1 aromatic rings. The first kappa shape index (κ1) is 16.2. The van der Waals surface area contributed by atoms with E-state index in [0.29, 0.717) is 13.0 Å². The number of Topliss-reactive ketones (excluding diaryl/α,β-unsaturated/α-hetero) is 1. The lowest BCUT2D eigenvalue weighted by Crippen LogP contribution is -2.42. The van der Waals surface area contributed by atoms with Crippen molar-refractivity contribution in [2.75, 3.05) is 6.61 Å². The number of hydrogen-bond donors (Lipinski definition) is 0. The van der Waals surface area contributed by atoms with Crippen LogP contribution in [0.3, 0.4) is 0 Å². The predicted molar refractivity (Wildman–Crippen MR) is 86.7 cm³/mol. The third-order valence-corrected chi connectivity index (χ3v) is 4.82. The highest BCUT2D eigenvalue weighted by atomic mass is 16.5. The zero-order valence-electron chi connectivity index (χ0n) is 13.7. The number of carbonyl (C=O) groups is 1. The lowest BCUT2D eigenvalue weighted by atomic mass is 9.84. The van der Waals surface area contributed by atoms with Gasteiger partial charge in [-0.25, -0.2) is 0 Å². The molecule has 1 aromatic carbocycles. The van der Waals surface area contributed by atoms with E-state index in [2.05, 4.69) is 32.0 Å². The van der Waals surface area contributed by atoms with Crippen LogP contribution < -0.4 is 0 Å². The Morgan fingerprint density at radius 1 is 1.10 bits per heavy atom. The molecule has 2 heteroatoms. The fourth-order valence-electron chi connectivity index (χ4n) is 3.53. The van der Waals surface area contributed by atoms with Crippen LogP contribution in [0.2, 0.25) is 0 Å². The fraction of sp³-hybridized carbons (Fsp3) is 0.632. The first-order valence-corrected chi connectivity index (χ1v) is 8.31. The maximum atomic E-state index is 13.0. The molecule has 1 saturated carbocycles. The standard InChI is InChI=1S/C19H28O2/c1-4-21-19(12-7-5-6-8-13-19)18(20)14-17-15(2)10-9-11-16(17)3/h9-11H,4-8,12-14H2,1-3H3. The quantitative estimate of drug-likeness (QED) is 0.743. The van der Waals surface area contributed by atoms with E-state index >= 15 is 0 Å². The number of rotatable bonds is 5. The van der Waals surface area contributed by atoms with Gasteiger partial charge in [-0.15, -0.1) is 0 Å². The molecular formula is C19H28O2. The zero-order chi connectivity index (χ0) is 15.3. The molecule has 0 spiro atoms. The fourth-order valence-corrected chi connectivity index (χ4v) is 3.53. The van der Waals surface area contributed by atoms with Crippen LogP contribution in [0, 0.1) is 13.8 Å². The minimum atomic E-state index is -0.528. The van der Waals surface area contributed by atoms with Crippen molar-refractivity contribution in [2.24, 2.45) is 0 Å². The van der Waals surface area contributed by atoms with Crippen LogP contribution in [0.25, 0.3) is 0 Å². The van der Waals surface area contributed by atoms with Crippen LogP contribution in [-0.4, -0.2) is 18.0 Å². The molecule has 0 aromatic heterocycles. The van der Waals surface area contributed by atoms with Gasteiger partial charge in [0.1, 0.15) is 5.60 Å². The Labute approximate surface area is 128 Å². The Morgan fingerprint density at radius 3 is 2.19 bits per heavy atom. The van der Waals surface area contributed by atoms with Crippen molar-refractivity contribution in [3.63, 3.8) is 0 Å². The molecule has 1 aliphatic carbocycles. The molecule has 0 amide bonds. The van der Waals surface area contributed by atoms with E-state index < -0.39 is 5.60 Å². The second-order valence-corrected chi connectivity index (χ2v) is 6.31. The van der Waals surface area contributed by atoms with Crippen molar-refractivity contribution in [1.82, 2.24) is 0 Å². The molecule has 21 heavy (non-hydrogen) atoms. The second-order valence-electron chi connectivity index (χ2n) is 6.31. The normalized spacial score (nSPS) is 18.2. The van der Waals surface area contributed by atoms with Crippen molar-refractivity contribution in [3.05, 3.63) is 34.9 Å². The number of ketones is 1. The Kier molecular flexibility index (Phi) is 5.58. The van der Waals surface area contributed by atoms with Crippen LogP contribution in [-0.2, 0) is 16.0 Å². The van der Waals surface area contributed by atoms with Gasteiger partial charge in [0.15, 0.2) is 5.78 Å². The van der Waals surface area contributed by atoms with Gasteiger partial charge in [-0.1, -0.05) is 43.9 Å². The van der Waals surface area contributed by atoms with Crippen molar-refractivity contribution >= 4 is 5.78 Å². The molecule has 0 aliphatic heterocycles. The molecule has 0 saturated heterocycles. The average molecular weight is 288 g/mol. The van der Waals surface area contributed by atoms with Gasteiger partial charge in [-0.05, 0) is 50.3 Å². The number of benzene rings is 1. The minimum Gasteiger partial charge on any atom is -0.367 e. The van der Waals surface area contributed by atoms with Crippen molar-refractivity contribution in [1.29, 1.82) is 0 Å². The molecule has 1 fully saturated rings. The molecule has 2 rings (SSSR count). The molecule has 2 nitrogen and oxygen atoms in total. The summed E-state index contributed by atoms with van der Waals surface area (Å²) in [6.07, 6.45) is 6.97. The molecule has 0 unspecified atom stereocenters. The molecule has 0 heterocycles. The molecule has 0 radical (unpaired) electrons. The minimum absolute atomic E-state index is 0.281. The summed E-state index contributed by atoms with van der Waals surface area (Å²) >= 11 is 0. The highest BCUT2D eigenvalue weighted by molar-refractivity contribution is 5.89. The van der Waals surface area contributed by atoms with Crippen LogP contribution in [0.4, 0.5) is 0 Å². The van der Waals surface area contributed by atoms with Crippen molar-refractivity contribution in [3.8, 4) is 0 Å². The van der Waals surface area contributed by atoms with Gasteiger partial charge in [0.25, 0.3) is 0 Å². The molecule has 0 N–H and O–H groups in total. The van der Waals surface area contributed by atoms with Crippen LogP contribution in [0.1, 0.15) is 62.1 Å². The van der Waals surface area contributed by atoms with E-state index in [9.17, 15) is 4.79 Å². The van der Waals surface area contributed by atoms with E-state index in [1.54, 1.807) is 0 Å². The van der Waals surface area contributed by atoms with Gasteiger partial charge in [-0.3, -0.25) is 4.79 Å². The van der Waals surface area contributed by atoms with Gasteiger partial charge < -0.3 is 4.74 Å². The summed E-state index contributed by atoms with van der Waals surface area (Å²) in [4.78, 5) is 13.0. The lowest BCUT2D eigenvalue weighted by molar-refractivity contribution is -0.145. The largest absolute Gasteiger partial charge is 0.367 e. The number of hydrogen-bond acceptors (Lipinski definition) is 2. The number of ether oxygens (including phenoxy) is 1. The van der Waals surface area contributed by atoms with Gasteiger partial charge in [0, 0.05) is 13.0 Å². The summed E-state index contributed by atoms with van der Waals surface area (Å²) in [6, 6.07) is 6.24. The summed E-state index contributed by atoms with van der Waals surface area (Å²) in [6.45, 7) is 6.81. The smallest absolute Gasteiger partial charge is 0.168 e. The molecule has 116 valence electrons. The molecule has 0 atom stereocenters. The van der Waals surface area contributed by atoms with E-state index in [0.717, 1.165) is 25.7 Å². The Morgan fingerprint density at radius 2 is 1.67 bits per heavy atom. The molecule has 1 aliphatic rings. The molecular weight excluding hydrogens is 260 g/mol. The summed E-state index contributed by atoms with van der Waals surface area (Å²) in [7, 11) is 0. The van der Waals surface area contributed by atoms with Gasteiger partial charge >= 0.3 is 0 Å². The van der Waals surface area contributed by atoms with Crippen molar-refractivity contribution < 1.29 is 9.53 Å². The third-order valence-electron chi connectivity index (χ3n) is 4.82. The molecule has 0 bridgehead atoms. The van der Waals surface area contributed by atoms with E-state index in [1.807, 2.05) is 6.92 Å². The second kappa shape index (κ2) is 7.22. The van der Waals surface area contributed by atoms with Crippen LogP contribution in [0.5, 0.6) is 0 Å². The Bertz CT molecular complexity index is 462. The lowest BCUT2D eigenvalue weighted by Gasteiger charge is -2.31. The third kappa shape index (κ3) is 3.74. The Balaban J connectivity index is 2.22. The van der Waals surface area contributed by atoms with Crippen LogP contribution in [0.15, 0.2) is 18.2 Å². The van der Waals surface area contributed by atoms with Crippen molar-refractivity contribution in [2.45, 2.75) is 71.3 Å². The summed E-state index contributed by atoms with van der Waals surface area (Å²) < 4.78 is 6.01.